The van der Waals surface area contributed by atoms with Crippen LogP contribution in [0.5, 0.6) is 11.5 Å². The minimum absolute atomic E-state index is 0. The van der Waals surface area contributed by atoms with Crippen LogP contribution in [0.1, 0.15) is 30.6 Å². The summed E-state index contributed by atoms with van der Waals surface area (Å²) in [5.41, 5.74) is 0.453. The van der Waals surface area contributed by atoms with E-state index in [4.69, 9.17) is 21.1 Å². The highest BCUT2D eigenvalue weighted by Gasteiger charge is 2.15. The van der Waals surface area contributed by atoms with Gasteiger partial charge in [0.1, 0.15) is 0 Å². The van der Waals surface area contributed by atoms with Gasteiger partial charge in [-0.25, -0.2) is 0 Å². The molecule has 23 heavy (non-hydrogen) atoms. The molecule has 7 heteroatoms. The number of carbonyl (C=O) groups excluding carboxylic acids is 1. The summed E-state index contributed by atoms with van der Waals surface area (Å²) >= 11 is 6.24. The third-order valence-corrected chi connectivity index (χ3v) is 3.37. The smallest absolute Gasteiger partial charge is 0.251 e. The minimum Gasteiger partial charge on any atom is -0.493 e. The van der Waals surface area contributed by atoms with Crippen molar-refractivity contribution >= 4 is 29.9 Å². The van der Waals surface area contributed by atoms with Crippen LogP contribution in [-0.4, -0.2) is 39.8 Å². The van der Waals surface area contributed by atoms with E-state index in [0.717, 1.165) is 6.42 Å². The van der Waals surface area contributed by atoms with Crippen LogP contribution < -0.4 is 20.1 Å². The highest BCUT2D eigenvalue weighted by molar-refractivity contribution is 6.32. The Morgan fingerprint density at radius 2 is 2.00 bits per heavy atom. The van der Waals surface area contributed by atoms with Crippen molar-refractivity contribution in [1.82, 2.24) is 10.6 Å². The molecule has 0 unspecified atom stereocenters. The van der Waals surface area contributed by atoms with Crippen LogP contribution in [0.25, 0.3) is 0 Å². The predicted octanol–water partition coefficient (Wildman–Crippen LogP) is 3.14. The molecule has 1 rings (SSSR count). The molecule has 1 aromatic rings. The van der Waals surface area contributed by atoms with Crippen LogP contribution in [0.3, 0.4) is 0 Å². The molecule has 0 aliphatic rings. The molecule has 0 aliphatic heterocycles. The van der Waals surface area contributed by atoms with Gasteiger partial charge in [0.2, 0.25) is 0 Å². The number of likely N-dealkylation sites (N-methyl/N-ethyl adjacent to an activating group) is 1. The summed E-state index contributed by atoms with van der Waals surface area (Å²) in [6, 6.07) is 3.24. The molecule has 0 saturated carbocycles. The van der Waals surface area contributed by atoms with Crippen molar-refractivity contribution < 1.29 is 14.3 Å². The summed E-state index contributed by atoms with van der Waals surface area (Å²) in [4.78, 5) is 12.1. The molecule has 0 radical (unpaired) electrons. The number of amides is 1. The molecule has 0 fully saturated rings. The highest BCUT2D eigenvalue weighted by Crippen LogP contribution is 2.36. The average molecular weight is 365 g/mol. The van der Waals surface area contributed by atoms with Crippen molar-refractivity contribution in [3.63, 3.8) is 0 Å². The summed E-state index contributed by atoms with van der Waals surface area (Å²) in [6.07, 6.45) is 0.922. The highest BCUT2D eigenvalue weighted by atomic mass is 35.5. The molecule has 5 nitrogen and oxygen atoms in total. The second kappa shape index (κ2) is 11.4. The second-order valence-corrected chi connectivity index (χ2v) is 5.79. The lowest BCUT2D eigenvalue weighted by Crippen LogP contribution is -2.30. The van der Waals surface area contributed by atoms with Crippen LogP contribution in [0.15, 0.2) is 12.1 Å². The normalized spacial score (nSPS) is 10.2. The van der Waals surface area contributed by atoms with Gasteiger partial charge < -0.3 is 20.1 Å². The number of methoxy groups -OCH3 is 1. The number of halogens is 2. The van der Waals surface area contributed by atoms with E-state index in [1.165, 1.54) is 7.11 Å². The Labute approximate surface area is 149 Å². The molecular weight excluding hydrogens is 339 g/mol. The van der Waals surface area contributed by atoms with Crippen LogP contribution in [0, 0.1) is 5.92 Å². The first-order valence-corrected chi connectivity index (χ1v) is 7.80. The molecule has 132 valence electrons. The quantitative estimate of drug-likeness (QED) is 0.660. The van der Waals surface area contributed by atoms with Crippen LogP contribution >= 0.6 is 24.0 Å². The van der Waals surface area contributed by atoms with Crippen LogP contribution in [0.2, 0.25) is 5.02 Å². The topological polar surface area (TPSA) is 59.6 Å². The van der Waals surface area contributed by atoms with E-state index in [0.29, 0.717) is 47.7 Å². The maximum Gasteiger partial charge on any atom is 0.251 e. The molecule has 0 heterocycles. The monoisotopic (exact) mass is 364 g/mol. The first-order valence-electron chi connectivity index (χ1n) is 7.42. The van der Waals surface area contributed by atoms with Gasteiger partial charge in [0.05, 0.1) is 18.7 Å². The number of nitrogens with one attached hydrogen (secondary N) is 2. The van der Waals surface area contributed by atoms with Gasteiger partial charge in [-0.05, 0) is 31.5 Å². The summed E-state index contributed by atoms with van der Waals surface area (Å²) < 4.78 is 11.0. The van der Waals surface area contributed by atoms with E-state index in [1.54, 1.807) is 12.1 Å². The third-order valence-electron chi connectivity index (χ3n) is 3.09. The Morgan fingerprint density at radius 1 is 1.30 bits per heavy atom. The Kier molecular flexibility index (Phi) is 10.8. The number of ether oxygens (including phenoxy) is 2. The average Bonchev–Trinajstić information content (AvgIpc) is 2.48. The van der Waals surface area contributed by atoms with Gasteiger partial charge in [-0.2, -0.15) is 0 Å². The van der Waals surface area contributed by atoms with E-state index in [9.17, 15) is 4.79 Å². The predicted molar refractivity (Wildman–Crippen MR) is 96.5 cm³/mol. The van der Waals surface area contributed by atoms with Crippen LogP contribution in [0.4, 0.5) is 0 Å². The standard InChI is InChI=1S/C16H25ClN2O3.ClH/c1-11(2)5-8-22-15-13(17)9-12(10-14(15)21-4)16(20)19-7-6-18-3;/h9-11,18H,5-8H2,1-4H3,(H,19,20);1H. The molecule has 0 atom stereocenters. The summed E-state index contributed by atoms with van der Waals surface area (Å²) in [5.74, 6) is 1.30. The van der Waals surface area contributed by atoms with Crippen molar-refractivity contribution in [3.05, 3.63) is 22.7 Å². The fourth-order valence-corrected chi connectivity index (χ4v) is 2.06. The van der Waals surface area contributed by atoms with Crippen LogP contribution in [-0.2, 0) is 0 Å². The van der Waals surface area contributed by atoms with Crippen molar-refractivity contribution in [3.8, 4) is 11.5 Å². The van der Waals surface area contributed by atoms with Gasteiger partial charge in [-0.1, -0.05) is 25.4 Å². The SMILES string of the molecule is CNCCNC(=O)c1cc(Cl)c(OCCC(C)C)c(OC)c1.Cl. The molecule has 0 saturated heterocycles. The van der Waals surface area contributed by atoms with Gasteiger partial charge in [-0.3, -0.25) is 4.79 Å². The van der Waals surface area contributed by atoms with E-state index >= 15 is 0 Å². The second-order valence-electron chi connectivity index (χ2n) is 5.38. The Balaban J connectivity index is 0.00000484. The molecule has 0 aromatic heterocycles. The molecule has 2 N–H and O–H groups in total. The minimum atomic E-state index is -0.191. The van der Waals surface area contributed by atoms with E-state index < -0.39 is 0 Å². The number of hydrogen-bond donors (Lipinski definition) is 2. The largest absolute Gasteiger partial charge is 0.493 e. The molecule has 1 amide bonds. The zero-order valence-electron chi connectivity index (χ0n) is 14.1. The molecule has 0 aliphatic carbocycles. The van der Waals surface area contributed by atoms with Gasteiger partial charge in [-0.15, -0.1) is 12.4 Å². The van der Waals surface area contributed by atoms with Gasteiger partial charge in [0, 0.05) is 18.7 Å². The zero-order chi connectivity index (χ0) is 16.5. The summed E-state index contributed by atoms with van der Waals surface area (Å²) in [5, 5.41) is 6.14. The number of hydrogen-bond acceptors (Lipinski definition) is 4. The van der Waals surface area contributed by atoms with E-state index in [1.807, 2.05) is 7.05 Å². The fourth-order valence-electron chi connectivity index (χ4n) is 1.79. The fraction of sp³-hybridized carbons (Fsp3) is 0.562. The Hall–Kier alpha value is -1.17. The Bertz CT molecular complexity index is 496. The maximum atomic E-state index is 12.1. The first-order chi connectivity index (χ1) is 10.5. The first kappa shape index (κ1) is 21.8. The van der Waals surface area contributed by atoms with Crippen molar-refractivity contribution in [2.24, 2.45) is 5.92 Å². The van der Waals surface area contributed by atoms with E-state index in [-0.39, 0.29) is 18.3 Å². The maximum absolute atomic E-state index is 12.1. The molecular formula is C16H26Cl2N2O3. The van der Waals surface area contributed by atoms with E-state index in [2.05, 4.69) is 24.5 Å². The van der Waals surface area contributed by atoms with Gasteiger partial charge in [0.25, 0.3) is 5.91 Å². The van der Waals surface area contributed by atoms with Crippen molar-refractivity contribution in [2.45, 2.75) is 20.3 Å². The lowest BCUT2D eigenvalue weighted by atomic mass is 10.1. The van der Waals surface area contributed by atoms with Crippen molar-refractivity contribution in [1.29, 1.82) is 0 Å². The number of rotatable bonds is 9. The van der Waals surface area contributed by atoms with Gasteiger partial charge in [0.15, 0.2) is 11.5 Å². The lowest BCUT2D eigenvalue weighted by Gasteiger charge is -2.15. The number of benzene rings is 1. The zero-order valence-corrected chi connectivity index (χ0v) is 15.6. The number of carbonyl (C=O) groups is 1. The lowest BCUT2D eigenvalue weighted by molar-refractivity contribution is 0.0953. The molecule has 0 bridgehead atoms. The van der Waals surface area contributed by atoms with Gasteiger partial charge >= 0.3 is 0 Å². The summed E-state index contributed by atoms with van der Waals surface area (Å²) in [6.45, 7) is 6.05. The molecule has 0 spiro atoms. The third kappa shape index (κ3) is 7.29. The van der Waals surface area contributed by atoms with Crippen molar-refractivity contribution in [2.75, 3.05) is 33.9 Å². The molecule has 1 aromatic carbocycles. The Morgan fingerprint density at radius 3 is 2.57 bits per heavy atom. The summed E-state index contributed by atoms with van der Waals surface area (Å²) in [7, 11) is 3.36.